The molecular formula is C29H33N7O3. The molecule has 5 heterocycles. The first-order chi connectivity index (χ1) is 18.7. The van der Waals surface area contributed by atoms with Gasteiger partial charge in [0.05, 0.1) is 36.2 Å². The molecule has 39 heavy (non-hydrogen) atoms. The van der Waals surface area contributed by atoms with Crippen LogP contribution in [0.5, 0.6) is 11.6 Å². The summed E-state index contributed by atoms with van der Waals surface area (Å²) in [7, 11) is 1.62. The number of aromatic nitrogens is 4. The van der Waals surface area contributed by atoms with Crippen LogP contribution in [0.15, 0.2) is 55.1 Å². The number of nitrogens with zero attached hydrogens (tertiary/aromatic N) is 7. The van der Waals surface area contributed by atoms with Gasteiger partial charge in [-0.2, -0.15) is 10.4 Å². The maximum absolute atomic E-state index is 10.1. The van der Waals surface area contributed by atoms with Gasteiger partial charge in [-0.3, -0.25) is 4.90 Å². The molecule has 0 amide bonds. The van der Waals surface area contributed by atoms with E-state index in [9.17, 15) is 10.4 Å². The van der Waals surface area contributed by atoms with Crippen molar-refractivity contribution in [2.45, 2.75) is 39.0 Å². The van der Waals surface area contributed by atoms with Crippen LogP contribution < -0.4 is 14.4 Å². The SMILES string of the molecule is COc1ccc(CN2CCN(c3ccc(-c4cc(OCC(C)(C)O)cn5ncc(C#N)c45)cn3)C(C)C2)cn1. The fourth-order valence-corrected chi connectivity index (χ4v) is 4.85. The number of pyridine rings is 3. The molecule has 10 nitrogen and oxygen atoms in total. The number of aliphatic hydroxyl groups is 1. The molecule has 0 spiro atoms. The standard InChI is InChI=1S/C29H33N7O3/c1-20-16-34(17-21-5-8-27(38-4)32-13-21)9-10-35(20)26-7-6-22(14-31-26)25-11-24(39-19-29(2,3)37)18-36-28(25)23(12-30)15-33-36/h5-8,11,13-15,18,20,37H,9-10,16-17,19H2,1-4H3. The van der Waals surface area contributed by atoms with Crippen molar-refractivity contribution in [2.75, 3.05) is 38.3 Å². The molecule has 4 aromatic rings. The van der Waals surface area contributed by atoms with Gasteiger partial charge in [-0.05, 0) is 44.5 Å². The molecule has 0 aromatic carbocycles. The van der Waals surface area contributed by atoms with Crippen LogP contribution >= 0.6 is 0 Å². The lowest BCUT2D eigenvalue weighted by Crippen LogP contribution is -2.51. The Labute approximate surface area is 228 Å². The summed E-state index contributed by atoms with van der Waals surface area (Å²) >= 11 is 0. The Balaban J connectivity index is 1.33. The van der Waals surface area contributed by atoms with Gasteiger partial charge in [0, 0.05) is 61.8 Å². The van der Waals surface area contributed by atoms with E-state index in [1.807, 2.05) is 36.7 Å². The van der Waals surface area contributed by atoms with E-state index < -0.39 is 5.60 Å². The molecular weight excluding hydrogens is 494 g/mol. The summed E-state index contributed by atoms with van der Waals surface area (Å²) in [6.07, 6.45) is 6.97. The lowest BCUT2D eigenvalue weighted by Gasteiger charge is -2.40. The van der Waals surface area contributed by atoms with Crippen molar-refractivity contribution in [3.63, 3.8) is 0 Å². The highest BCUT2D eigenvalue weighted by molar-refractivity contribution is 5.85. The highest BCUT2D eigenvalue weighted by Crippen LogP contribution is 2.32. The number of piperazine rings is 1. The monoisotopic (exact) mass is 527 g/mol. The van der Waals surface area contributed by atoms with Gasteiger partial charge in [0.25, 0.3) is 0 Å². The Morgan fingerprint density at radius 1 is 1.13 bits per heavy atom. The normalized spacial score (nSPS) is 16.3. The van der Waals surface area contributed by atoms with E-state index in [4.69, 9.17) is 14.5 Å². The number of nitriles is 1. The Morgan fingerprint density at radius 3 is 2.62 bits per heavy atom. The number of rotatable bonds is 8. The zero-order valence-electron chi connectivity index (χ0n) is 22.7. The van der Waals surface area contributed by atoms with Crippen LogP contribution in [0, 0.1) is 11.3 Å². The number of fused-ring (bicyclic) bond motifs is 1. The molecule has 202 valence electrons. The molecule has 1 unspecified atom stereocenters. The van der Waals surface area contributed by atoms with E-state index in [2.05, 4.69) is 38.9 Å². The van der Waals surface area contributed by atoms with Crippen LogP contribution in [-0.4, -0.2) is 74.6 Å². The van der Waals surface area contributed by atoms with Crippen molar-refractivity contribution >= 4 is 11.3 Å². The third kappa shape index (κ3) is 5.95. The van der Waals surface area contributed by atoms with Crippen LogP contribution in [0.25, 0.3) is 16.6 Å². The van der Waals surface area contributed by atoms with Gasteiger partial charge in [-0.1, -0.05) is 6.07 Å². The minimum absolute atomic E-state index is 0.125. The minimum Gasteiger partial charge on any atom is -0.489 e. The first kappa shape index (κ1) is 26.4. The van der Waals surface area contributed by atoms with Gasteiger partial charge in [-0.15, -0.1) is 0 Å². The molecule has 5 rings (SSSR count). The third-order valence-electron chi connectivity index (χ3n) is 6.78. The van der Waals surface area contributed by atoms with Crippen LogP contribution in [0.4, 0.5) is 5.82 Å². The molecule has 10 heteroatoms. The van der Waals surface area contributed by atoms with Crippen molar-refractivity contribution in [3.8, 4) is 28.8 Å². The third-order valence-corrected chi connectivity index (χ3v) is 6.78. The average molecular weight is 528 g/mol. The van der Waals surface area contributed by atoms with Crippen LogP contribution in [-0.2, 0) is 6.54 Å². The second-order valence-corrected chi connectivity index (χ2v) is 10.5. The van der Waals surface area contributed by atoms with E-state index >= 15 is 0 Å². The van der Waals surface area contributed by atoms with Crippen LogP contribution in [0.2, 0.25) is 0 Å². The van der Waals surface area contributed by atoms with Crippen molar-refractivity contribution < 1.29 is 14.6 Å². The van der Waals surface area contributed by atoms with Gasteiger partial charge < -0.3 is 19.5 Å². The largest absolute Gasteiger partial charge is 0.489 e. The number of methoxy groups -OCH3 is 1. The number of hydrogen-bond donors (Lipinski definition) is 1. The molecule has 1 atom stereocenters. The van der Waals surface area contributed by atoms with E-state index in [0.29, 0.717) is 22.7 Å². The van der Waals surface area contributed by atoms with Gasteiger partial charge in [-0.25, -0.2) is 14.5 Å². The second kappa shape index (κ2) is 10.9. The summed E-state index contributed by atoms with van der Waals surface area (Å²) in [5.41, 5.74) is 3.00. The predicted molar refractivity (Wildman–Crippen MR) is 148 cm³/mol. The summed E-state index contributed by atoms with van der Waals surface area (Å²) in [6, 6.07) is 12.4. The summed E-state index contributed by atoms with van der Waals surface area (Å²) in [5.74, 6) is 2.09. The summed E-state index contributed by atoms with van der Waals surface area (Å²) < 4.78 is 12.6. The Bertz CT molecular complexity index is 1470. The summed E-state index contributed by atoms with van der Waals surface area (Å²) in [4.78, 5) is 13.9. The number of anilines is 1. The Hall–Kier alpha value is -4.20. The lowest BCUT2D eigenvalue weighted by atomic mass is 10.0. The molecule has 1 aliphatic heterocycles. The Morgan fingerprint density at radius 2 is 1.97 bits per heavy atom. The van der Waals surface area contributed by atoms with E-state index in [-0.39, 0.29) is 12.6 Å². The smallest absolute Gasteiger partial charge is 0.212 e. The summed E-state index contributed by atoms with van der Waals surface area (Å²) in [5, 5.41) is 24.1. The Kier molecular flexibility index (Phi) is 7.37. The first-order valence-electron chi connectivity index (χ1n) is 12.9. The fraction of sp³-hybridized carbons (Fsp3) is 0.379. The summed E-state index contributed by atoms with van der Waals surface area (Å²) in [6.45, 7) is 9.26. The molecule has 1 saturated heterocycles. The molecule has 0 saturated carbocycles. The molecule has 0 aliphatic carbocycles. The van der Waals surface area contributed by atoms with Crippen LogP contribution in [0.3, 0.4) is 0 Å². The topological polar surface area (TPSA) is 112 Å². The predicted octanol–water partition coefficient (Wildman–Crippen LogP) is 3.53. The number of ether oxygens (including phenoxy) is 2. The fourth-order valence-electron chi connectivity index (χ4n) is 4.85. The highest BCUT2D eigenvalue weighted by atomic mass is 16.5. The molecule has 4 aromatic heterocycles. The van der Waals surface area contributed by atoms with Gasteiger partial charge in [0.1, 0.15) is 24.2 Å². The molecule has 1 fully saturated rings. The molecule has 1 N–H and O–H groups in total. The van der Waals surface area contributed by atoms with Crippen LogP contribution in [0.1, 0.15) is 31.9 Å². The number of hydrogen-bond acceptors (Lipinski definition) is 9. The molecule has 1 aliphatic rings. The zero-order chi connectivity index (χ0) is 27.6. The zero-order valence-corrected chi connectivity index (χ0v) is 22.7. The van der Waals surface area contributed by atoms with E-state index in [1.54, 1.807) is 37.9 Å². The lowest BCUT2D eigenvalue weighted by molar-refractivity contribution is 0.0283. The quantitative estimate of drug-likeness (QED) is 0.368. The highest BCUT2D eigenvalue weighted by Gasteiger charge is 2.25. The van der Waals surface area contributed by atoms with E-state index in [1.165, 1.54) is 0 Å². The van der Waals surface area contributed by atoms with Crippen molar-refractivity contribution in [1.29, 1.82) is 5.26 Å². The van der Waals surface area contributed by atoms with Gasteiger partial charge >= 0.3 is 0 Å². The van der Waals surface area contributed by atoms with Crippen molar-refractivity contribution in [2.24, 2.45) is 0 Å². The average Bonchev–Trinajstić information content (AvgIpc) is 3.35. The van der Waals surface area contributed by atoms with Crippen molar-refractivity contribution in [1.82, 2.24) is 24.5 Å². The van der Waals surface area contributed by atoms with Gasteiger partial charge in [0.2, 0.25) is 5.88 Å². The van der Waals surface area contributed by atoms with E-state index in [0.717, 1.165) is 48.7 Å². The minimum atomic E-state index is -0.980. The molecule has 0 bridgehead atoms. The first-order valence-corrected chi connectivity index (χ1v) is 12.9. The molecule has 0 radical (unpaired) electrons. The maximum Gasteiger partial charge on any atom is 0.212 e. The maximum atomic E-state index is 10.1. The van der Waals surface area contributed by atoms with Gasteiger partial charge in [0.15, 0.2) is 0 Å². The second-order valence-electron chi connectivity index (χ2n) is 10.5. The van der Waals surface area contributed by atoms with Crippen molar-refractivity contribution in [3.05, 3.63) is 66.2 Å².